The van der Waals surface area contributed by atoms with Gasteiger partial charge in [0.1, 0.15) is 0 Å². The highest BCUT2D eigenvalue weighted by Crippen LogP contribution is 2.18. The molecule has 0 spiro atoms. The molecule has 2 rings (SSSR count). The van der Waals surface area contributed by atoms with Crippen LogP contribution in [-0.2, 0) is 11.3 Å². The van der Waals surface area contributed by atoms with Gasteiger partial charge in [0.25, 0.3) is 5.56 Å². The second-order valence-corrected chi connectivity index (χ2v) is 5.67. The molecule has 1 aromatic rings. The van der Waals surface area contributed by atoms with Gasteiger partial charge in [-0.15, -0.1) is 0 Å². The van der Waals surface area contributed by atoms with E-state index in [2.05, 4.69) is 4.90 Å². The van der Waals surface area contributed by atoms with E-state index in [-0.39, 0.29) is 12.0 Å². The fraction of sp³-hybridized carbons (Fsp3) is 0.625. The van der Waals surface area contributed by atoms with Crippen LogP contribution in [0.25, 0.3) is 0 Å². The number of carbonyl (C=O) groups is 1. The lowest BCUT2D eigenvalue weighted by atomic mass is 10.2. The molecule has 1 aliphatic rings. The first-order chi connectivity index (χ1) is 10.2. The highest BCUT2D eigenvalue weighted by Gasteiger charge is 2.11. The van der Waals surface area contributed by atoms with Crippen molar-refractivity contribution in [3.05, 3.63) is 28.7 Å². The summed E-state index contributed by atoms with van der Waals surface area (Å²) in [5.74, 6) is -0.777. The third-order valence-electron chi connectivity index (χ3n) is 3.98. The van der Waals surface area contributed by atoms with Gasteiger partial charge in [-0.3, -0.25) is 9.59 Å². The first-order valence-electron chi connectivity index (χ1n) is 7.84. The molecule has 1 fully saturated rings. The Balaban J connectivity index is 1.99. The van der Waals surface area contributed by atoms with Gasteiger partial charge in [0.05, 0.1) is 5.69 Å². The van der Waals surface area contributed by atoms with E-state index < -0.39 is 5.97 Å². The standard InChI is InChI=1S/C16H24N2O3/c19-15-9-8-14(17-10-4-1-2-5-11-17)13-18(15)12-6-3-7-16(20)21/h8-9,13H,1-7,10-12H2,(H,20,21). The lowest BCUT2D eigenvalue weighted by Crippen LogP contribution is -2.27. The number of nitrogens with zero attached hydrogens (tertiary/aromatic N) is 2. The van der Waals surface area contributed by atoms with Crippen molar-refractivity contribution in [2.75, 3.05) is 18.0 Å². The third-order valence-corrected chi connectivity index (χ3v) is 3.98. The van der Waals surface area contributed by atoms with Gasteiger partial charge < -0.3 is 14.6 Å². The van der Waals surface area contributed by atoms with Crippen LogP contribution >= 0.6 is 0 Å². The van der Waals surface area contributed by atoms with Gasteiger partial charge in [0, 0.05) is 38.3 Å². The largest absolute Gasteiger partial charge is 0.481 e. The molecule has 0 unspecified atom stereocenters. The SMILES string of the molecule is O=C(O)CCCCn1cc(N2CCCCCC2)ccc1=O. The number of aliphatic carboxylic acids is 1. The van der Waals surface area contributed by atoms with E-state index in [0.29, 0.717) is 13.0 Å². The van der Waals surface area contributed by atoms with Gasteiger partial charge in [-0.05, 0) is 31.7 Å². The van der Waals surface area contributed by atoms with Crippen molar-refractivity contribution >= 4 is 11.7 Å². The molecule has 1 aromatic heterocycles. The fourth-order valence-electron chi connectivity index (χ4n) is 2.77. The van der Waals surface area contributed by atoms with E-state index >= 15 is 0 Å². The summed E-state index contributed by atoms with van der Waals surface area (Å²) in [6, 6.07) is 3.53. The van der Waals surface area contributed by atoms with Gasteiger partial charge in [-0.25, -0.2) is 0 Å². The summed E-state index contributed by atoms with van der Waals surface area (Å²) in [7, 11) is 0. The molecular weight excluding hydrogens is 268 g/mol. The van der Waals surface area contributed by atoms with Gasteiger partial charge in [-0.2, -0.15) is 0 Å². The molecular formula is C16H24N2O3. The minimum Gasteiger partial charge on any atom is -0.481 e. The Morgan fingerprint density at radius 2 is 1.81 bits per heavy atom. The molecule has 1 saturated heterocycles. The molecule has 0 amide bonds. The molecule has 0 saturated carbocycles. The first-order valence-corrected chi connectivity index (χ1v) is 7.84. The summed E-state index contributed by atoms with van der Waals surface area (Å²) in [6.07, 6.45) is 8.40. The summed E-state index contributed by atoms with van der Waals surface area (Å²) in [4.78, 5) is 24.7. The van der Waals surface area contributed by atoms with Gasteiger partial charge in [0.15, 0.2) is 0 Å². The number of hydrogen-bond donors (Lipinski definition) is 1. The maximum absolute atomic E-state index is 11.9. The minimum atomic E-state index is -0.777. The average Bonchev–Trinajstić information content (AvgIpc) is 2.74. The van der Waals surface area contributed by atoms with Crippen molar-refractivity contribution in [1.29, 1.82) is 0 Å². The number of rotatable bonds is 6. The predicted molar refractivity (Wildman–Crippen MR) is 82.9 cm³/mol. The molecule has 0 aromatic carbocycles. The van der Waals surface area contributed by atoms with E-state index in [0.717, 1.165) is 25.2 Å². The normalized spacial score (nSPS) is 15.7. The Morgan fingerprint density at radius 3 is 2.48 bits per heavy atom. The summed E-state index contributed by atoms with van der Waals surface area (Å²) in [6.45, 7) is 2.70. The van der Waals surface area contributed by atoms with E-state index in [1.165, 1.54) is 25.7 Å². The van der Waals surface area contributed by atoms with E-state index in [1.807, 2.05) is 12.3 Å². The van der Waals surface area contributed by atoms with Crippen LogP contribution in [0.3, 0.4) is 0 Å². The highest BCUT2D eigenvalue weighted by atomic mass is 16.4. The third kappa shape index (κ3) is 4.92. The summed E-state index contributed by atoms with van der Waals surface area (Å²) < 4.78 is 1.71. The molecule has 21 heavy (non-hydrogen) atoms. The Kier molecular flexibility index (Phi) is 5.84. The molecule has 1 aliphatic heterocycles. The zero-order valence-electron chi connectivity index (χ0n) is 12.5. The quantitative estimate of drug-likeness (QED) is 0.818. The number of aryl methyl sites for hydroxylation is 1. The second kappa shape index (κ2) is 7.86. The monoisotopic (exact) mass is 292 g/mol. The van der Waals surface area contributed by atoms with Crippen molar-refractivity contribution in [3.8, 4) is 0 Å². The number of unbranched alkanes of at least 4 members (excludes halogenated alkanes) is 1. The summed E-state index contributed by atoms with van der Waals surface area (Å²) in [5, 5.41) is 8.63. The Morgan fingerprint density at radius 1 is 1.10 bits per heavy atom. The van der Waals surface area contributed by atoms with Crippen molar-refractivity contribution in [1.82, 2.24) is 4.57 Å². The van der Waals surface area contributed by atoms with Crippen LogP contribution < -0.4 is 10.5 Å². The molecule has 2 heterocycles. The predicted octanol–water partition coefficient (Wildman–Crippen LogP) is 2.48. The Hall–Kier alpha value is -1.78. The number of anilines is 1. The van der Waals surface area contributed by atoms with Gasteiger partial charge >= 0.3 is 5.97 Å². The maximum atomic E-state index is 11.9. The molecule has 116 valence electrons. The highest BCUT2D eigenvalue weighted by molar-refractivity contribution is 5.66. The van der Waals surface area contributed by atoms with E-state index in [9.17, 15) is 9.59 Å². The van der Waals surface area contributed by atoms with Crippen LogP contribution in [0.5, 0.6) is 0 Å². The lowest BCUT2D eigenvalue weighted by Gasteiger charge is -2.23. The number of carboxylic acid groups (broad SMARTS) is 1. The number of aromatic nitrogens is 1. The van der Waals surface area contributed by atoms with Crippen LogP contribution in [0.15, 0.2) is 23.1 Å². The lowest BCUT2D eigenvalue weighted by molar-refractivity contribution is -0.137. The molecule has 0 atom stereocenters. The molecule has 0 bridgehead atoms. The zero-order valence-corrected chi connectivity index (χ0v) is 12.5. The fourth-order valence-corrected chi connectivity index (χ4v) is 2.77. The smallest absolute Gasteiger partial charge is 0.303 e. The van der Waals surface area contributed by atoms with Crippen LogP contribution in [0.4, 0.5) is 5.69 Å². The number of carboxylic acids is 1. The van der Waals surface area contributed by atoms with Crippen molar-refractivity contribution < 1.29 is 9.90 Å². The zero-order chi connectivity index (χ0) is 15.1. The van der Waals surface area contributed by atoms with E-state index in [1.54, 1.807) is 10.6 Å². The number of hydrogen-bond acceptors (Lipinski definition) is 3. The van der Waals surface area contributed by atoms with Crippen molar-refractivity contribution in [2.45, 2.75) is 51.5 Å². The van der Waals surface area contributed by atoms with Crippen molar-refractivity contribution in [2.24, 2.45) is 0 Å². The van der Waals surface area contributed by atoms with Gasteiger partial charge in [0.2, 0.25) is 0 Å². The topological polar surface area (TPSA) is 62.5 Å². The molecule has 0 radical (unpaired) electrons. The molecule has 1 N–H and O–H groups in total. The molecule has 0 aliphatic carbocycles. The minimum absolute atomic E-state index is 0.0103. The van der Waals surface area contributed by atoms with Crippen molar-refractivity contribution in [3.63, 3.8) is 0 Å². The Labute approximate surface area is 125 Å². The summed E-state index contributed by atoms with van der Waals surface area (Å²) in [5.41, 5.74) is 1.10. The second-order valence-electron chi connectivity index (χ2n) is 5.67. The molecule has 5 heteroatoms. The van der Waals surface area contributed by atoms with E-state index in [4.69, 9.17) is 5.11 Å². The summed E-state index contributed by atoms with van der Waals surface area (Å²) >= 11 is 0. The van der Waals surface area contributed by atoms with Crippen LogP contribution in [-0.4, -0.2) is 28.7 Å². The van der Waals surface area contributed by atoms with Crippen LogP contribution in [0, 0.1) is 0 Å². The van der Waals surface area contributed by atoms with Crippen LogP contribution in [0.2, 0.25) is 0 Å². The average molecular weight is 292 g/mol. The van der Waals surface area contributed by atoms with Crippen LogP contribution in [0.1, 0.15) is 44.9 Å². The Bertz CT molecular complexity index is 516. The maximum Gasteiger partial charge on any atom is 0.303 e. The van der Waals surface area contributed by atoms with Gasteiger partial charge in [-0.1, -0.05) is 12.8 Å². The first kappa shape index (κ1) is 15.6. The molecule has 5 nitrogen and oxygen atoms in total. The number of pyridine rings is 1.